The van der Waals surface area contributed by atoms with Crippen LogP contribution in [0.1, 0.15) is 10.5 Å². The summed E-state index contributed by atoms with van der Waals surface area (Å²) in [5, 5.41) is 7.21. The van der Waals surface area contributed by atoms with E-state index >= 15 is 0 Å². The molecule has 0 aliphatic carbocycles. The summed E-state index contributed by atoms with van der Waals surface area (Å²) in [4.78, 5) is 16.9. The van der Waals surface area contributed by atoms with Gasteiger partial charge in [-0.1, -0.05) is 29.8 Å². The first-order valence-electron chi connectivity index (χ1n) is 7.69. The molecular weight excluding hydrogens is 354 g/mol. The van der Waals surface area contributed by atoms with Crippen molar-refractivity contribution in [1.29, 1.82) is 0 Å². The molecule has 4 nitrogen and oxygen atoms in total. The zero-order valence-corrected chi connectivity index (χ0v) is 14.9. The van der Waals surface area contributed by atoms with Crippen LogP contribution in [0.3, 0.4) is 0 Å². The lowest BCUT2D eigenvalue weighted by Gasteiger charge is -2.03. The van der Waals surface area contributed by atoms with Crippen LogP contribution in [0.15, 0.2) is 60.0 Å². The molecule has 6 heteroatoms. The van der Waals surface area contributed by atoms with Gasteiger partial charge in [-0.05, 0) is 36.4 Å². The molecule has 0 aliphatic rings. The third kappa shape index (κ3) is 3.04. The Labute approximate surface area is 153 Å². The number of nitrogens with one attached hydrogen (secondary N) is 1. The van der Waals surface area contributed by atoms with E-state index in [9.17, 15) is 4.79 Å². The molecule has 0 saturated carbocycles. The Morgan fingerprint density at radius 3 is 2.68 bits per heavy atom. The normalized spacial score (nSPS) is 11.0. The maximum absolute atomic E-state index is 12.4. The van der Waals surface area contributed by atoms with Gasteiger partial charge in [-0.2, -0.15) is 0 Å². The molecule has 0 fully saturated rings. The first kappa shape index (κ1) is 15.9. The number of halogens is 1. The number of fused-ring (bicyclic) bond motifs is 1. The van der Waals surface area contributed by atoms with Crippen LogP contribution in [-0.2, 0) is 7.05 Å². The van der Waals surface area contributed by atoms with Crippen LogP contribution in [-0.4, -0.2) is 15.5 Å². The van der Waals surface area contributed by atoms with Crippen molar-refractivity contribution < 1.29 is 4.79 Å². The van der Waals surface area contributed by atoms with Gasteiger partial charge in [-0.15, -0.1) is 11.3 Å². The zero-order chi connectivity index (χ0) is 17.4. The summed E-state index contributed by atoms with van der Waals surface area (Å²) in [5.41, 5.74) is 3.23. The molecular formula is C19H14ClN3OS. The number of thiazole rings is 1. The number of nitrogens with zero attached hydrogens (tertiary/aromatic N) is 2. The molecule has 0 unspecified atom stereocenters. The second kappa shape index (κ2) is 6.35. The Hall–Kier alpha value is -2.63. The molecule has 0 radical (unpaired) electrons. The Morgan fingerprint density at radius 2 is 1.92 bits per heavy atom. The fourth-order valence-corrected chi connectivity index (χ4v) is 3.69. The smallest absolute Gasteiger partial charge is 0.275 e. The highest BCUT2D eigenvalue weighted by Gasteiger charge is 2.15. The molecule has 1 N–H and O–H groups in total. The third-order valence-electron chi connectivity index (χ3n) is 4.01. The monoisotopic (exact) mass is 367 g/mol. The number of rotatable bonds is 3. The number of aryl methyl sites for hydroxylation is 1. The van der Waals surface area contributed by atoms with Crippen LogP contribution < -0.4 is 5.32 Å². The molecule has 2 aromatic carbocycles. The minimum absolute atomic E-state index is 0.233. The lowest BCUT2D eigenvalue weighted by atomic mass is 10.2. The number of aromatic nitrogens is 2. The number of para-hydroxylation sites is 1. The Morgan fingerprint density at radius 1 is 1.16 bits per heavy atom. The summed E-state index contributed by atoms with van der Waals surface area (Å²) in [5.74, 6) is -0.233. The average Bonchev–Trinajstić information content (AvgIpc) is 3.22. The van der Waals surface area contributed by atoms with E-state index < -0.39 is 0 Å². The quantitative estimate of drug-likeness (QED) is 0.540. The van der Waals surface area contributed by atoms with E-state index in [0.717, 1.165) is 21.6 Å². The lowest BCUT2D eigenvalue weighted by molar-refractivity contribution is 0.102. The molecule has 2 heterocycles. The largest absolute Gasteiger partial charge is 0.342 e. The van der Waals surface area contributed by atoms with Gasteiger partial charge < -0.3 is 9.88 Å². The van der Waals surface area contributed by atoms with E-state index in [0.29, 0.717) is 16.4 Å². The second-order valence-electron chi connectivity index (χ2n) is 5.65. The highest BCUT2D eigenvalue weighted by atomic mass is 35.5. The highest BCUT2D eigenvalue weighted by Crippen LogP contribution is 2.29. The van der Waals surface area contributed by atoms with Crippen molar-refractivity contribution in [3.05, 3.63) is 70.7 Å². The molecule has 0 atom stereocenters. The molecule has 0 saturated heterocycles. The van der Waals surface area contributed by atoms with Gasteiger partial charge in [-0.25, -0.2) is 4.98 Å². The number of hydrogen-bond donors (Lipinski definition) is 1. The van der Waals surface area contributed by atoms with E-state index in [4.69, 9.17) is 11.6 Å². The van der Waals surface area contributed by atoms with Gasteiger partial charge in [0.15, 0.2) is 0 Å². The van der Waals surface area contributed by atoms with Gasteiger partial charge in [0.1, 0.15) is 10.7 Å². The van der Waals surface area contributed by atoms with Crippen molar-refractivity contribution in [2.75, 3.05) is 5.32 Å². The van der Waals surface area contributed by atoms with Gasteiger partial charge in [0.25, 0.3) is 5.91 Å². The molecule has 124 valence electrons. The Balaban J connectivity index is 1.61. The number of carbonyl (C=O) groups is 1. The van der Waals surface area contributed by atoms with Crippen LogP contribution in [0, 0.1) is 0 Å². The maximum atomic E-state index is 12.4. The van der Waals surface area contributed by atoms with E-state index in [1.807, 2.05) is 19.2 Å². The van der Waals surface area contributed by atoms with Gasteiger partial charge >= 0.3 is 0 Å². The fraction of sp³-hybridized carbons (Fsp3) is 0.0526. The fourth-order valence-electron chi connectivity index (χ4n) is 2.72. The van der Waals surface area contributed by atoms with Crippen LogP contribution >= 0.6 is 22.9 Å². The molecule has 0 aliphatic heterocycles. The molecule has 4 aromatic rings. The molecule has 25 heavy (non-hydrogen) atoms. The van der Waals surface area contributed by atoms with Crippen molar-refractivity contribution in [3.8, 4) is 10.7 Å². The number of benzene rings is 2. The summed E-state index contributed by atoms with van der Waals surface area (Å²) in [6, 6.07) is 17.3. The second-order valence-corrected chi connectivity index (χ2v) is 6.94. The van der Waals surface area contributed by atoms with Gasteiger partial charge in [0.2, 0.25) is 0 Å². The topological polar surface area (TPSA) is 46.9 Å². The van der Waals surface area contributed by atoms with E-state index in [2.05, 4.69) is 33.1 Å². The van der Waals surface area contributed by atoms with Crippen molar-refractivity contribution in [1.82, 2.24) is 9.55 Å². The lowest BCUT2D eigenvalue weighted by Crippen LogP contribution is -2.12. The van der Waals surface area contributed by atoms with Crippen molar-refractivity contribution in [2.24, 2.45) is 7.05 Å². The SMILES string of the molecule is Cn1c(-c2nc(C(=O)Nc3ccc(Cl)cc3)cs2)cc2ccccc21. The van der Waals surface area contributed by atoms with E-state index in [-0.39, 0.29) is 5.91 Å². The summed E-state index contributed by atoms with van der Waals surface area (Å²) in [6.07, 6.45) is 0. The summed E-state index contributed by atoms with van der Waals surface area (Å²) >= 11 is 7.32. The summed E-state index contributed by atoms with van der Waals surface area (Å²) < 4.78 is 2.09. The Kier molecular flexibility index (Phi) is 4.03. The van der Waals surface area contributed by atoms with Crippen molar-refractivity contribution in [2.45, 2.75) is 0 Å². The summed E-state index contributed by atoms with van der Waals surface area (Å²) in [7, 11) is 2.01. The Bertz CT molecular complexity index is 1070. The molecule has 2 aromatic heterocycles. The average molecular weight is 368 g/mol. The first-order chi connectivity index (χ1) is 12.1. The minimum atomic E-state index is -0.233. The maximum Gasteiger partial charge on any atom is 0.275 e. The van der Waals surface area contributed by atoms with Crippen LogP contribution in [0.5, 0.6) is 0 Å². The molecule has 1 amide bonds. The molecule has 0 bridgehead atoms. The number of carbonyl (C=O) groups excluding carboxylic acids is 1. The van der Waals surface area contributed by atoms with Crippen LogP contribution in [0.25, 0.3) is 21.6 Å². The predicted molar refractivity (Wildman–Crippen MR) is 103 cm³/mol. The van der Waals surface area contributed by atoms with Crippen LogP contribution in [0.4, 0.5) is 5.69 Å². The molecule has 4 rings (SSSR count). The first-order valence-corrected chi connectivity index (χ1v) is 8.95. The van der Waals surface area contributed by atoms with Gasteiger partial charge in [0, 0.05) is 34.0 Å². The van der Waals surface area contributed by atoms with E-state index in [1.54, 1.807) is 29.6 Å². The highest BCUT2D eigenvalue weighted by molar-refractivity contribution is 7.13. The standard InChI is InChI=1S/C19H14ClN3OS/c1-23-16-5-3-2-4-12(16)10-17(23)19-22-15(11-25-19)18(24)21-14-8-6-13(20)7-9-14/h2-11H,1H3,(H,21,24). The van der Waals surface area contributed by atoms with Crippen LogP contribution in [0.2, 0.25) is 5.02 Å². The predicted octanol–water partition coefficient (Wildman–Crippen LogP) is 5.21. The number of hydrogen-bond acceptors (Lipinski definition) is 3. The van der Waals surface area contributed by atoms with Crippen molar-refractivity contribution >= 4 is 45.4 Å². The van der Waals surface area contributed by atoms with Gasteiger partial charge in [-0.3, -0.25) is 4.79 Å². The van der Waals surface area contributed by atoms with Gasteiger partial charge in [0.05, 0.1) is 5.69 Å². The molecule has 0 spiro atoms. The van der Waals surface area contributed by atoms with E-state index in [1.165, 1.54) is 11.3 Å². The number of anilines is 1. The minimum Gasteiger partial charge on any atom is -0.342 e. The summed E-state index contributed by atoms with van der Waals surface area (Å²) in [6.45, 7) is 0. The van der Waals surface area contributed by atoms with Crippen molar-refractivity contribution in [3.63, 3.8) is 0 Å². The number of amides is 1. The third-order valence-corrected chi connectivity index (χ3v) is 5.13. The zero-order valence-electron chi connectivity index (χ0n) is 13.4.